The van der Waals surface area contributed by atoms with Crippen molar-refractivity contribution >= 4 is 31.9 Å². The van der Waals surface area contributed by atoms with Crippen molar-refractivity contribution < 1.29 is 17.2 Å². The summed E-state index contributed by atoms with van der Waals surface area (Å²) in [5.74, 6) is -0.650. The number of benzene rings is 1. The Morgan fingerprint density at radius 1 is 1.14 bits per heavy atom. The van der Waals surface area contributed by atoms with E-state index in [1.54, 1.807) is 0 Å². The molecule has 6 N–H and O–H groups in total. The summed E-state index contributed by atoms with van der Waals surface area (Å²) in [6.45, 7) is 3.84. The minimum Gasteiger partial charge on any atom is -0.374 e. The van der Waals surface area contributed by atoms with Gasteiger partial charge in [0, 0.05) is 18.1 Å². The lowest BCUT2D eigenvalue weighted by atomic mass is 9.99. The highest BCUT2D eigenvalue weighted by molar-refractivity contribution is 7.95. The monoisotopic (exact) mass is 439 g/mol. The van der Waals surface area contributed by atoms with Gasteiger partial charge in [-0.05, 0) is 60.8 Å². The number of fused-ring (bicyclic) bond motifs is 2. The van der Waals surface area contributed by atoms with E-state index in [-0.39, 0.29) is 10.7 Å². The number of anilines is 1. The molecule has 0 fully saturated rings. The molecule has 1 aromatic rings. The quantitative estimate of drug-likeness (QED) is 0.255. The van der Waals surface area contributed by atoms with Crippen molar-refractivity contribution in [1.82, 2.24) is 10.0 Å². The van der Waals surface area contributed by atoms with Crippen molar-refractivity contribution in [3.63, 3.8) is 0 Å². The van der Waals surface area contributed by atoms with Gasteiger partial charge in [0.25, 0.3) is 10.1 Å². The first kappa shape index (κ1) is 21.3. The Morgan fingerprint density at radius 2 is 1.72 bits per heavy atom. The second-order valence-corrected chi connectivity index (χ2v) is 10.4. The van der Waals surface area contributed by atoms with Gasteiger partial charge in [0.05, 0.1) is 0 Å². The molecule has 0 aliphatic heterocycles. The van der Waals surface area contributed by atoms with Crippen molar-refractivity contribution in [1.29, 1.82) is 10.2 Å². The second-order valence-electron chi connectivity index (χ2n) is 7.12. The van der Waals surface area contributed by atoms with E-state index in [0.29, 0.717) is 6.21 Å². The maximum absolute atomic E-state index is 12.7. The van der Waals surface area contributed by atoms with E-state index in [9.17, 15) is 12.6 Å². The Labute approximate surface area is 171 Å². The molecule has 3 rings (SSSR count). The van der Waals surface area contributed by atoms with Crippen molar-refractivity contribution in [3.8, 4) is 0 Å². The van der Waals surface area contributed by atoms with E-state index >= 15 is 0 Å². The molecule has 1 atom stereocenters. The SMILES string of the molecule is C=C(Nc1c2c(cc3c1CCC3)CCC2)NS(=N)(=O)/C(C=N)=C/NCS(=O)(=O)O. The third kappa shape index (κ3) is 4.98. The fraction of sp³-hybridized carbons (Fsp3) is 0.389. The number of hydrogen-bond donors (Lipinski definition) is 6. The maximum Gasteiger partial charge on any atom is 0.283 e. The molecular weight excluding hydrogens is 414 g/mol. The first-order valence-electron chi connectivity index (χ1n) is 9.19. The topological polar surface area (TPSA) is 155 Å². The predicted octanol–water partition coefficient (Wildman–Crippen LogP) is 2.02. The minimum absolute atomic E-state index is 0.168. The highest BCUT2D eigenvalue weighted by Gasteiger charge is 2.24. The lowest BCUT2D eigenvalue weighted by molar-refractivity contribution is 0.480. The third-order valence-corrected chi connectivity index (χ3v) is 6.96. The van der Waals surface area contributed by atoms with Gasteiger partial charge < -0.3 is 16.0 Å². The molecule has 0 radical (unpaired) electrons. The van der Waals surface area contributed by atoms with Crippen LogP contribution in [0.4, 0.5) is 5.69 Å². The smallest absolute Gasteiger partial charge is 0.283 e. The highest BCUT2D eigenvalue weighted by Crippen LogP contribution is 2.38. The van der Waals surface area contributed by atoms with E-state index < -0.39 is 25.9 Å². The van der Waals surface area contributed by atoms with Crippen LogP contribution in [0.15, 0.2) is 29.6 Å². The number of rotatable bonds is 9. The van der Waals surface area contributed by atoms with Crippen molar-refractivity contribution in [2.75, 3.05) is 11.2 Å². The summed E-state index contributed by atoms with van der Waals surface area (Å²) in [5.41, 5.74) is 6.10. The molecule has 0 spiro atoms. The van der Waals surface area contributed by atoms with Crippen LogP contribution in [0.5, 0.6) is 0 Å². The molecule has 158 valence electrons. The summed E-state index contributed by atoms with van der Waals surface area (Å²) < 4.78 is 53.6. The summed E-state index contributed by atoms with van der Waals surface area (Å²) >= 11 is 0. The average molecular weight is 440 g/mol. The van der Waals surface area contributed by atoms with Gasteiger partial charge in [-0.3, -0.25) is 9.27 Å². The number of nitrogens with one attached hydrogen (secondary N) is 5. The Hall–Kier alpha value is -2.37. The van der Waals surface area contributed by atoms with Crippen LogP contribution in [0.25, 0.3) is 0 Å². The van der Waals surface area contributed by atoms with Crippen LogP contribution < -0.4 is 15.4 Å². The third-order valence-electron chi connectivity index (χ3n) is 5.00. The Morgan fingerprint density at radius 3 is 2.24 bits per heavy atom. The van der Waals surface area contributed by atoms with Gasteiger partial charge in [-0.1, -0.05) is 12.6 Å². The van der Waals surface area contributed by atoms with Crippen LogP contribution in [0.2, 0.25) is 0 Å². The average Bonchev–Trinajstić information content (AvgIpc) is 3.25. The zero-order valence-corrected chi connectivity index (χ0v) is 17.5. The summed E-state index contributed by atoms with van der Waals surface area (Å²) in [6, 6.07) is 2.29. The molecule has 0 amide bonds. The molecule has 0 aromatic heterocycles. The second kappa shape index (κ2) is 8.17. The molecule has 2 aliphatic carbocycles. The summed E-state index contributed by atoms with van der Waals surface area (Å²) in [5, 5.41) is 12.8. The molecule has 1 aromatic carbocycles. The minimum atomic E-state index is -4.28. The molecule has 0 bridgehead atoms. The fourth-order valence-corrected chi connectivity index (χ4v) is 5.06. The van der Waals surface area contributed by atoms with E-state index in [0.717, 1.165) is 50.4 Å². The number of hydrogen-bond acceptors (Lipinski definition) is 7. The molecule has 2 aliphatic rings. The van der Waals surface area contributed by atoms with Gasteiger partial charge in [0.15, 0.2) is 9.92 Å². The zero-order chi connectivity index (χ0) is 21.2. The highest BCUT2D eigenvalue weighted by atomic mass is 32.2. The maximum atomic E-state index is 12.7. The van der Waals surface area contributed by atoms with Crippen LogP contribution in [0, 0.1) is 10.2 Å². The summed E-state index contributed by atoms with van der Waals surface area (Å²) in [7, 11) is -7.95. The molecule has 11 heteroatoms. The standard InChI is InChI=1S/C18H25N5O4S2/c1-12(23-29(20,27)15(9-19)10-21-11-28(24,25)26)22-18-16-6-2-4-13(16)8-14-5-3-7-17(14)18/h8-10,19,21-22H,1-7,11H2,(H2,20,23,27)(H,24,25,26)/b15-10+,19-9?. The normalized spacial score (nSPS) is 17.8. The van der Waals surface area contributed by atoms with Crippen molar-refractivity contribution in [2.24, 2.45) is 0 Å². The first-order chi connectivity index (χ1) is 13.6. The van der Waals surface area contributed by atoms with Crippen LogP contribution in [-0.2, 0) is 45.7 Å². The molecule has 9 nitrogen and oxygen atoms in total. The fourth-order valence-electron chi connectivity index (χ4n) is 3.83. The molecular formula is C18H25N5O4S2. The molecule has 1 unspecified atom stereocenters. The van der Waals surface area contributed by atoms with Crippen LogP contribution in [-0.4, -0.2) is 29.3 Å². The first-order valence-corrected chi connectivity index (χ1v) is 12.4. The van der Waals surface area contributed by atoms with E-state index in [1.807, 2.05) is 0 Å². The zero-order valence-electron chi connectivity index (χ0n) is 15.9. The Balaban J connectivity index is 1.77. The van der Waals surface area contributed by atoms with Crippen LogP contribution >= 0.6 is 0 Å². The number of allylic oxidation sites excluding steroid dienone is 1. The van der Waals surface area contributed by atoms with Gasteiger partial charge in [-0.2, -0.15) is 8.42 Å². The summed E-state index contributed by atoms with van der Waals surface area (Å²) in [4.78, 5) is -0.285. The van der Waals surface area contributed by atoms with Gasteiger partial charge in [-0.25, -0.2) is 8.99 Å². The van der Waals surface area contributed by atoms with Gasteiger partial charge >= 0.3 is 0 Å². The predicted molar refractivity (Wildman–Crippen MR) is 114 cm³/mol. The van der Waals surface area contributed by atoms with E-state index in [2.05, 4.69) is 28.0 Å². The Bertz CT molecular complexity index is 1060. The van der Waals surface area contributed by atoms with Gasteiger partial charge in [0.1, 0.15) is 16.6 Å². The number of aryl methyl sites for hydroxylation is 2. The molecule has 0 heterocycles. The largest absolute Gasteiger partial charge is 0.374 e. The van der Waals surface area contributed by atoms with Gasteiger partial charge in [0.2, 0.25) is 0 Å². The van der Waals surface area contributed by atoms with Gasteiger partial charge in [-0.15, -0.1) is 0 Å². The lowest BCUT2D eigenvalue weighted by Crippen LogP contribution is -2.29. The molecule has 0 saturated heterocycles. The van der Waals surface area contributed by atoms with Crippen molar-refractivity contribution in [3.05, 3.63) is 51.8 Å². The Kier molecular flexibility index (Phi) is 6.01. The summed E-state index contributed by atoms with van der Waals surface area (Å²) in [6.07, 6.45) is 7.79. The van der Waals surface area contributed by atoms with E-state index in [4.69, 9.17) is 14.7 Å². The lowest BCUT2D eigenvalue weighted by Gasteiger charge is -2.20. The van der Waals surface area contributed by atoms with Crippen LogP contribution in [0.1, 0.15) is 35.1 Å². The van der Waals surface area contributed by atoms with E-state index in [1.165, 1.54) is 22.3 Å². The molecule has 29 heavy (non-hydrogen) atoms. The molecule has 0 saturated carbocycles. The van der Waals surface area contributed by atoms with Crippen molar-refractivity contribution in [2.45, 2.75) is 38.5 Å². The van der Waals surface area contributed by atoms with Crippen LogP contribution in [0.3, 0.4) is 0 Å².